The van der Waals surface area contributed by atoms with Gasteiger partial charge in [-0.3, -0.25) is 20.4 Å². The molecule has 1 heterocycles. The zero-order chi connectivity index (χ0) is 24.1. The molecule has 9 heteroatoms. The summed E-state index contributed by atoms with van der Waals surface area (Å²) in [5.41, 5.74) is 6.82. The van der Waals surface area contributed by atoms with Gasteiger partial charge in [-0.15, -0.1) is 0 Å². The normalized spacial score (nSPS) is 15.0. The standard InChI is InChI=1S/C25H24FN3O4S/c26-22-10-6-20(7-11-22)24(30)27-28-25(31)21-14-16-29(17-15-21)34(32,33)23-12-8-19(9-13-23)18-4-2-1-3-5-18/h1-13,21H,14-17H2,(H,27,30)(H,28,31). The fourth-order valence-corrected chi connectivity index (χ4v) is 5.32. The number of carbonyl (C=O) groups is 2. The molecular formula is C25H24FN3O4S. The van der Waals surface area contributed by atoms with Crippen LogP contribution in [-0.2, 0) is 14.8 Å². The third-order valence-electron chi connectivity index (χ3n) is 5.83. The van der Waals surface area contributed by atoms with Crippen molar-refractivity contribution < 1.29 is 22.4 Å². The Hall–Kier alpha value is -3.56. The van der Waals surface area contributed by atoms with E-state index in [9.17, 15) is 22.4 Å². The molecule has 3 aromatic rings. The topological polar surface area (TPSA) is 95.6 Å². The second-order valence-corrected chi connectivity index (χ2v) is 9.96. The second-order valence-electron chi connectivity index (χ2n) is 8.02. The highest BCUT2D eigenvalue weighted by Crippen LogP contribution is 2.26. The molecule has 0 unspecified atom stereocenters. The zero-order valence-electron chi connectivity index (χ0n) is 18.3. The molecule has 7 nitrogen and oxygen atoms in total. The Labute approximate surface area is 197 Å². The zero-order valence-corrected chi connectivity index (χ0v) is 19.1. The number of piperidine rings is 1. The van der Waals surface area contributed by atoms with Gasteiger partial charge in [-0.25, -0.2) is 12.8 Å². The Kier molecular flexibility index (Phi) is 7.04. The Balaban J connectivity index is 1.31. The number of rotatable bonds is 5. The second kappa shape index (κ2) is 10.1. The molecule has 0 atom stereocenters. The number of amides is 2. The maximum Gasteiger partial charge on any atom is 0.269 e. The summed E-state index contributed by atoms with van der Waals surface area (Å²) in [6.45, 7) is 0.402. The lowest BCUT2D eigenvalue weighted by molar-refractivity contribution is -0.126. The third kappa shape index (κ3) is 5.32. The average molecular weight is 482 g/mol. The molecule has 2 amide bonds. The molecule has 3 aromatic carbocycles. The van der Waals surface area contributed by atoms with Gasteiger partial charge in [0.15, 0.2) is 0 Å². The van der Waals surface area contributed by atoms with E-state index in [2.05, 4.69) is 10.9 Å². The van der Waals surface area contributed by atoms with Gasteiger partial charge in [-0.05, 0) is 60.4 Å². The van der Waals surface area contributed by atoms with E-state index < -0.39 is 27.7 Å². The summed E-state index contributed by atoms with van der Waals surface area (Å²) in [6.07, 6.45) is 0.666. The maximum absolute atomic E-state index is 13.0. The van der Waals surface area contributed by atoms with Gasteiger partial charge in [0, 0.05) is 24.6 Å². The van der Waals surface area contributed by atoms with E-state index in [0.717, 1.165) is 23.3 Å². The van der Waals surface area contributed by atoms with Crippen molar-refractivity contribution in [1.82, 2.24) is 15.2 Å². The molecule has 1 aliphatic rings. The van der Waals surface area contributed by atoms with Crippen molar-refractivity contribution in [3.05, 3.63) is 90.2 Å². The Morgan fingerprint density at radius 2 is 1.38 bits per heavy atom. The van der Waals surface area contributed by atoms with E-state index >= 15 is 0 Å². The lowest BCUT2D eigenvalue weighted by atomic mass is 9.98. The average Bonchev–Trinajstić information content (AvgIpc) is 2.88. The van der Waals surface area contributed by atoms with Gasteiger partial charge >= 0.3 is 0 Å². The van der Waals surface area contributed by atoms with Crippen molar-refractivity contribution in [3.8, 4) is 11.1 Å². The molecular weight excluding hydrogens is 457 g/mol. The first-order valence-corrected chi connectivity index (χ1v) is 12.3. The molecule has 0 aliphatic carbocycles. The smallest absolute Gasteiger partial charge is 0.269 e. The van der Waals surface area contributed by atoms with Crippen LogP contribution in [0.15, 0.2) is 83.8 Å². The van der Waals surface area contributed by atoms with Crippen molar-refractivity contribution in [1.29, 1.82) is 0 Å². The molecule has 1 aliphatic heterocycles. The van der Waals surface area contributed by atoms with E-state index in [1.807, 2.05) is 30.3 Å². The fraction of sp³-hybridized carbons (Fsp3) is 0.200. The minimum Gasteiger partial charge on any atom is -0.273 e. The minimum atomic E-state index is -3.67. The van der Waals surface area contributed by atoms with E-state index in [4.69, 9.17) is 0 Å². The van der Waals surface area contributed by atoms with E-state index in [0.29, 0.717) is 12.8 Å². The Bertz CT molecular complexity index is 1260. The lowest BCUT2D eigenvalue weighted by Gasteiger charge is -2.30. The van der Waals surface area contributed by atoms with Crippen LogP contribution in [0.3, 0.4) is 0 Å². The Morgan fingerprint density at radius 1 is 0.794 bits per heavy atom. The van der Waals surface area contributed by atoms with Crippen LogP contribution >= 0.6 is 0 Å². The summed E-state index contributed by atoms with van der Waals surface area (Å²) in [5, 5.41) is 0. The number of nitrogens with one attached hydrogen (secondary N) is 2. The summed E-state index contributed by atoms with van der Waals surface area (Å²) in [5.74, 6) is -1.85. The summed E-state index contributed by atoms with van der Waals surface area (Å²) >= 11 is 0. The number of nitrogens with zero attached hydrogens (tertiary/aromatic N) is 1. The number of halogens is 1. The molecule has 0 radical (unpaired) electrons. The highest BCUT2D eigenvalue weighted by Gasteiger charge is 2.32. The van der Waals surface area contributed by atoms with Gasteiger partial charge in [0.05, 0.1) is 4.90 Å². The van der Waals surface area contributed by atoms with Crippen molar-refractivity contribution in [2.24, 2.45) is 5.92 Å². The van der Waals surface area contributed by atoms with Gasteiger partial charge in [0.2, 0.25) is 15.9 Å². The number of hydrogen-bond acceptors (Lipinski definition) is 4. The number of hydrogen-bond donors (Lipinski definition) is 2. The highest BCUT2D eigenvalue weighted by atomic mass is 32.2. The van der Waals surface area contributed by atoms with E-state index in [1.165, 1.54) is 16.4 Å². The number of hydrazine groups is 1. The number of sulfonamides is 1. The van der Waals surface area contributed by atoms with Gasteiger partial charge in [0.1, 0.15) is 5.82 Å². The number of carbonyl (C=O) groups excluding carboxylic acids is 2. The van der Waals surface area contributed by atoms with Gasteiger partial charge < -0.3 is 0 Å². The van der Waals surface area contributed by atoms with Gasteiger partial charge in [-0.2, -0.15) is 4.31 Å². The first kappa shape index (κ1) is 23.6. The molecule has 34 heavy (non-hydrogen) atoms. The molecule has 176 valence electrons. The SMILES string of the molecule is O=C(NNC(=O)C1CCN(S(=O)(=O)c2ccc(-c3ccccc3)cc2)CC1)c1ccc(F)cc1. The van der Waals surface area contributed by atoms with Crippen LogP contribution in [0, 0.1) is 11.7 Å². The van der Waals surface area contributed by atoms with Crippen LogP contribution in [0.5, 0.6) is 0 Å². The van der Waals surface area contributed by atoms with E-state index in [1.54, 1.807) is 24.3 Å². The van der Waals surface area contributed by atoms with Crippen LogP contribution in [0.1, 0.15) is 23.2 Å². The first-order chi connectivity index (χ1) is 16.3. The molecule has 0 aromatic heterocycles. The minimum absolute atomic E-state index is 0.201. The molecule has 4 rings (SSSR count). The molecule has 2 N–H and O–H groups in total. The lowest BCUT2D eigenvalue weighted by Crippen LogP contribution is -2.48. The predicted molar refractivity (Wildman–Crippen MR) is 125 cm³/mol. The maximum atomic E-state index is 13.0. The summed E-state index contributed by atoms with van der Waals surface area (Å²) in [4.78, 5) is 24.7. The highest BCUT2D eigenvalue weighted by molar-refractivity contribution is 7.89. The van der Waals surface area contributed by atoms with Crippen LogP contribution in [0.2, 0.25) is 0 Å². The predicted octanol–water partition coefficient (Wildman–Crippen LogP) is 3.35. The summed E-state index contributed by atoms with van der Waals surface area (Å²) in [6, 6.07) is 21.4. The molecule has 1 fully saturated rings. The first-order valence-electron chi connectivity index (χ1n) is 10.9. The third-order valence-corrected chi connectivity index (χ3v) is 7.74. The summed E-state index contributed by atoms with van der Waals surface area (Å²) in [7, 11) is -3.67. The van der Waals surface area contributed by atoms with Crippen molar-refractivity contribution in [3.63, 3.8) is 0 Å². The number of benzene rings is 3. The Morgan fingerprint density at radius 3 is 2.00 bits per heavy atom. The van der Waals surface area contributed by atoms with Crippen molar-refractivity contribution >= 4 is 21.8 Å². The van der Waals surface area contributed by atoms with Crippen LogP contribution < -0.4 is 10.9 Å². The molecule has 0 saturated carbocycles. The molecule has 0 bridgehead atoms. The largest absolute Gasteiger partial charge is 0.273 e. The van der Waals surface area contributed by atoms with Crippen molar-refractivity contribution in [2.45, 2.75) is 17.7 Å². The molecule has 1 saturated heterocycles. The van der Waals surface area contributed by atoms with Gasteiger partial charge in [-0.1, -0.05) is 42.5 Å². The van der Waals surface area contributed by atoms with Crippen LogP contribution in [0.25, 0.3) is 11.1 Å². The van der Waals surface area contributed by atoms with E-state index in [-0.39, 0.29) is 29.5 Å². The quantitative estimate of drug-likeness (QED) is 0.547. The molecule has 0 spiro atoms. The van der Waals surface area contributed by atoms with Crippen molar-refractivity contribution in [2.75, 3.05) is 13.1 Å². The monoisotopic (exact) mass is 481 g/mol. The van der Waals surface area contributed by atoms with Gasteiger partial charge in [0.25, 0.3) is 5.91 Å². The van der Waals surface area contributed by atoms with Crippen LogP contribution in [-0.4, -0.2) is 37.6 Å². The summed E-state index contributed by atoms with van der Waals surface area (Å²) < 4.78 is 40.4. The van der Waals surface area contributed by atoms with Crippen LogP contribution in [0.4, 0.5) is 4.39 Å². The fourth-order valence-electron chi connectivity index (χ4n) is 3.85.